The molecule has 2 aromatic rings. The lowest BCUT2D eigenvalue weighted by Gasteiger charge is -2.19. The van der Waals surface area contributed by atoms with Crippen LogP contribution in [0.5, 0.6) is 0 Å². The molecule has 0 aromatic carbocycles. The van der Waals surface area contributed by atoms with Crippen molar-refractivity contribution in [2.75, 3.05) is 11.9 Å². The largest absolute Gasteiger partial charge is 0.481 e. The molecule has 7 heteroatoms. The second-order valence-corrected chi connectivity index (χ2v) is 5.09. The number of aromatic nitrogens is 4. The standard InChI is InChI=1S/C12H17N5O2/c1-12(2,11(18)19)4-5-13-9-8-6-16-17(3)10(8)15-7-14-9/h6-7H,4-5H2,1-3H3,(H,18,19)(H,13,14,15). The number of hydrogen-bond donors (Lipinski definition) is 2. The van der Waals surface area contributed by atoms with Gasteiger partial charge in [-0.2, -0.15) is 5.10 Å². The molecule has 0 saturated carbocycles. The zero-order valence-electron chi connectivity index (χ0n) is 11.2. The third kappa shape index (κ3) is 2.64. The van der Waals surface area contributed by atoms with Crippen molar-refractivity contribution < 1.29 is 9.90 Å². The lowest BCUT2D eigenvalue weighted by molar-refractivity contribution is -0.147. The summed E-state index contributed by atoms with van der Waals surface area (Å²) >= 11 is 0. The fraction of sp³-hybridized carbons (Fsp3) is 0.500. The van der Waals surface area contributed by atoms with Crippen molar-refractivity contribution in [2.24, 2.45) is 12.5 Å². The molecule has 2 aromatic heterocycles. The molecule has 2 rings (SSSR count). The maximum absolute atomic E-state index is 11.0. The van der Waals surface area contributed by atoms with Crippen LogP contribution in [0.1, 0.15) is 20.3 Å². The number of hydrogen-bond acceptors (Lipinski definition) is 5. The molecule has 0 aliphatic carbocycles. The van der Waals surface area contributed by atoms with Gasteiger partial charge in [-0.3, -0.25) is 9.48 Å². The molecule has 0 spiro atoms. The van der Waals surface area contributed by atoms with E-state index in [1.165, 1.54) is 6.33 Å². The number of anilines is 1. The maximum Gasteiger partial charge on any atom is 0.309 e. The molecule has 0 bridgehead atoms. The van der Waals surface area contributed by atoms with E-state index < -0.39 is 11.4 Å². The van der Waals surface area contributed by atoms with Gasteiger partial charge in [-0.15, -0.1) is 0 Å². The van der Waals surface area contributed by atoms with E-state index in [1.54, 1.807) is 24.7 Å². The van der Waals surface area contributed by atoms with Gasteiger partial charge in [0.2, 0.25) is 0 Å². The van der Waals surface area contributed by atoms with Crippen LogP contribution < -0.4 is 5.32 Å². The molecule has 0 aliphatic rings. The third-order valence-corrected chi connectivity index (χ3v) is 3.15. The minimum Gasteiger partial charge on any atom is -0.481 e. The SMILES string of the molecule is Cn1ncc2c(NCCC(C)(C)C(=O)O)ncnc21. The normalized spacial score (nSPS) is 11.7. The van der Waals surface area contributed by atoms with E-state index in [4.69, 9.17) is 5.11 Å². The van der Waals surface area contributed by atoms with Crippen molar-refractivity contribution in [1.82, 2.24) is 19.7 Å². The molecule has 19 heavy (non-hydrogen) atoms. The van der Waals surface area contributed by atoms with Gasteiger partial charge in [0, 0.05) is 13.6 Å². The fourth-order valence-corrected chi connectivity index (χ4v) is 1.70. The van der Waals surface area contributed by atoms with Crippen LogP contribution in [-0.2, 0) is 11.8 Å². The molecule has 0 unspecified atom stereocenters. The van der Waals surface area contributed by atoms with Gasteiger partial charge in [-0.25, -0.2) is 9.97 Å². The molecule has 2 heterocycles. The van der Waals surface area contributed by atoms with E-state index in [0.29, 0.717) is 18.8 Å². The Balaban J connectivity index is 2.09. The Bertz CT molecular complexity index is 605. The molecule has 7 nitrogen and oxygen atoms in total. The van der Waals surface area contributed by atoms with Gasteiger partial charge in [0.1, 0.15) is 12.1 Å². The highest BCUT2D eigenvalue weighted by atomic mass is 16.4. The number of carboxylic acids is 1. The van der Waals surface area contributed by atoms with E-state index >= 15 is 0 Å². The van der Waals surface area contributed by atoms with Crippen LogP contribution in [0, 0.1) is 5.41 Å². The van der Waals surface area contributed by atoms with Gasteiger partial charge in [0.05, 0.1) is 17.0 Å². The van der Waals surface area contributed by atoms with Crippen molar-refractivity contribution >= 4 is 22.8 Å². The quantitative estimate of drug-likeness (QED) is 0.844. The number of aliphatic carboxylic acids is 1. The van der Waals surface area contributed by atoms with Gasteiger partial charge in [-0.1, -0.05) is 0 Å². The molecule has 0 saturated heterocycles. The summed E-state index contributed by atoms with van der Waals surface area (Å²) in [6.07, 6.45) is 3.67. The summed E-state index contributed by atoms with van der Waals surface area (Å²) in [6, 6.07) is 0. The molecule has 0 fully saturated rings. The zero-order valence-corrected chi connectivity index (χ0v) is 11.2. The minimum atomic E-state index is -0.802. The lowest BCUT2D eigenvalue weighted by atomic mass is 9.90. The first-order valence-corrected chi connectivity index (χ1v) is 6.02. The molecule has 0 amide bonds. The van der Waals surface area contributed by atoms with Crippen LogP contribution in [0.3, 0.4) is 0 Å². The van der Waals surface area contributed by atoms with Crippen LogP contribution in [0.2, 0.25) is 0 Å². The molecule has 0 radical (unpaired) electrons. The first-order valence-electron chi connectivity index (χ1n) is 6.02. The van der Waals surface area contributed by atoms with Crippen molar-refractivity contribution in [2.45, 2.75) is 20.3 Å². The van der Waals surface area contributed by atoms with E-state index in [9.17, 15) is 4.79 Å². The average molecular weight is 263 g/mol. The van der Waals surface area contributed by atoms with Gasteiger partial charge in [0.15, 0.2) is 5.65 Å². The first-order chi connectivity index (χ1) is 8.92. The van der Waals surface area contributed by atoms with Crippen LogP contribution >= 0.6 is 0 Å². The second kappa shape index (κ2) is 4.83. The summed E-state index contributed by atoms with van der Waals surface area (Å²) in [7, 11) is 1.81. The maximum atomic E-state index is 11.0. The Kier molecular flexibility index (Phi) is 3.37. The highest BCUT2D eigenvalue weighted by Gasteiger charge is 2.26. The predicted octanol–water partition coefficient (Wildman–Crippen LogP) is 1.28. The highest BCUT2D eigenvalue weighted by molar-refractivity contribution is 5.85. The number of nitrogens with one attached hydrogen (secondary N) is 1. The molecule has 2 N–H and O–H groups in total. The summed E-state index contributed by atoms with van der Waals surface area (Å²) in [5.41, 5.74) is -0.0105. The van der Waals surface area contributed by atoms with Gasteiger partial charge < -0.3 is 10.4 Å². The minimum absolute atomic E-state index is 0.508. The van der Waals surface area contributed by atoms with E-state index in [1.807, 2.05) is 7.05 Å². The Labute approximate surface area is 110 Å². The van der Waals surface area contributed by atoms with Gasteiger partial charge >= 0.3 is 5.97 Å². The Morgan fingerprint density at radius 3 is 2.89 bits per heavy atom. The number of nitrogens with zero attached hydrogens (tertiary/aromatic N) is 4. The Morgan fingerprint density at radius 2 is 2.21 bits per heavy atom. The fourth-order valence-electron chi connectivity index (χ4n) is 1.70. The molecule has 0 atom stereocenters. The number of carboxylic acid groups (broad SMARTS) is 1. The Morgan fingerprint density at radius 1 is 1.47 bits per heavy atom. The first kappa shape index (κ1) is 13.3. The molecule has 102 valence electrons. The molecule has 0 aliphatic heterocycles. The summed E-state index contributed by atoms with van der Waals surface area (Å²) in [5.74, 6) is -0.122. The van der Waals surface area contributed by atoms with Crippen LogP contribution in [0.4, 0.5) is 5.82 Å². The zero-order chi connectivity index (χ0) is 14.0. The molecular formula is C12H17N5O2. The molecular weight excluding hydrogens is 246 g/mol. The monoisotopic (exact) mass is 263 g/mol. The summed E-state index contributed by atoms with van der Waals surface area (Å²) in [4.78, 5) is 19.3. The number of fused-ring (bicyclic) bond motifs is 1. The van der Waals surface area contributed by atoms with Gasteiger partial charge in [0.25, 0.3) is 0 Å². The third-order valence-electron chi connectivity index (χ3n) is 3.15. The van der Waals surface area contributed by atoms with Crippen molar-refractivity contribution in [3.63, 3.8) is 0 Å². The average Bonchev–Trinajstić information content (AvgIpc) is 2.72. The van der Waals surface area contributed by atoms with Gasteiger partial charge in [-0.05, 0) is 20.3 Å². The van der Waals surface area contributed by atoms with Crippen molar-refractivity contribution in [1.29, 1.82) is 0 Å². The van der Waals surface area contributed by atoms with Crippen molar-refractivity contribution in [3.8, 4) is 0 Å². The highest BCUT2D eigenvalue weighted by Crippen LogP contribution is 2.22. The van der Waals surface area contributed by atoms with Crippen LogP contribution in [-0.4, -0.2) is 37.4 Å². The smallest absolute Gasteiger partial charge is 0.309 e. The Hall–Kier alpha value is -2.18. The lowest BCUT2D eigenvalue weighted by Crippen LogP contribution is -2.26. The van der Waals surface area contributed by atoms with E-state index in [0.717, 1.165) is 11.0 Å². The van der Waals surface area contributed by atoms with E-state index in [-0.39, 0.29) is 0 Å². The number of carbonyl (C=O) groups is 1. The van der Waals surface area contributed by atoms with Crippen LogP contribution in [0.25, 0.3) is 11.0 Å². The predicted molar refractivity (Wildman–Crippen MR) is 70.8 cm³/mol. The van der Waals surface area contributed by atoms with Crippen molar-refractivity contribution in [3.05, 3.63) is 12.5 Å². The summed E-state index contributed by atoms with van der Waals surface area (Å²) in [5, 5.41) is 17.1. The number of rotatable bonds is 5. The number of aryl methyl sites for hydroxylation is 1. The topological polar surface area (TPSA) is 92.9 Å². The summed E-state index contributed by atoms with van der Waals surface area (Å²) in [6.45, 7) is 3.94. The van der Waals surface area contributed by atoms with E-state index in [2.05, 4.69) is 20.4 Å². The summed E-state index contributed by atoms with van der Waals surface area (Å²) < 4.78 is 1.67. The second-order valence-electron chi connectivity index (χ2n) is 5.09. The van der Waals surface area contributed by atoms with Crippen LogP contribution in [0.15, 0.2) is 12.5 Å².